The van der Waals surface area contributed by atoms with Crippen molar-refractivity contribution in [3.8, 4) is 28.3 Å². The van der Waals surface area contributed by atoms with Gasteiger partial charge < -0.3 is 14.2 Å². The number of benzene rings is 2. The summed E-state index contributed by atoms with van der Waals surface area (Å²) in [6, 6.07) is 20.5. The molecule has 2 aromatic carbocycles. The fourth-order valence-corrected chi connectivity index (χ4v) is 4.25. The Hall–Kier alpha value is -4.04. The van der Waals surface area contributed by atoms with Crippen LogP contribution < -0.4 is 0 Å². The number of hydrogen-bond acceptors (Lipinski definition) is 5. The lowest BCUT2D eigenvalue weighted by molar-refractivity contribution is 0.270. The van der Waals surface area contributed by atoms with Crippen molar-refractivity contribution in [2.75, 3.05) is 0 Å². The quantitative estimate of drug-likeness (QED) is 0.345. The molecule has 0 radical (unpaired) electrons. The predicted molar refractivity (Wildman–Crippen MR) is 130 cm³/mol. The highest BCUT2D eigenvalue weighted by Crippen LogP contribution is 2.30. The summed E-state index contributed by atoms with van der Waals surface area (Å²) in [6.45, 7) is 2.76. The number of unbranched alkanes of at least 4 members (excludes halogenated alkanes) is 1. The van der Waals surface area contributed by atoms with Crippen LogP contribution >= 0.6 is 0 Å². The molecule has 3 aromatic heterocycles. The van der Waals surface area contributed by atoms with Gasteiger partial charge in [0.1, 0.15) is 5.82 Å². The van der Waals surface area contributed by atoms with Crippen LogP contribution in [0.4, 0.5) is 0 Å². The third-order valence-electron chi connectivity index (χ3n) is 6.00. The Labute approximate surface area is 197 Å². The molecule has 8 heteroatoms. The molecule has 0 saturated heterocycles. The van der Waals surface area contributed by atoms with Gasteiger partial charge in [0.2, 0.25) is 5.82 Å². The van der Waals surface area contributed by atoms with Crippen molar-refractivity contribution in [1.82, 2.24) is 34.7 Å². The standard InChI is InChI=1S/C26H27N7O/c1-2-3-10-24-27-26(32-15-6-7-16-32)23(18-34)33(24)17-19-11-13-20(14-12-19)21-8-4-5-9-22(21)25-28-30-31-29-25/h4-9,11-16,34H,2-3,10,17-18H2,1H3,(H,28,29,30,31). The summed E-state index contributed by atoms with van der Waals surface area (Å²) in [7, 11) is 0. The lowest BCUT2D eigenvalue weighted by Gasteiger charge is -2.13. The highest BCUT2D eigenvalue weighted by molar-refractivity contribution is 5.80. The van der Waals surface area contributed by atoms with Gasteiger partial charge in [-0.3, -0.25) is 0 Å². The van der Waals surface area contributed by atoms with Crippen LogP contribution in [0.3, 0.4) is 0 Å². The van der Waals surface area contributed by atoms with Gasteiger partial charge in [0.05, 0.1) is 12.3 Å². The second kappa shape index (κ2) is 9.84. The zero-order chi connectivity index (χ0) is 23.3. The highest BCUT2D eigenvalue weighted by Gasteiger charge is 2.18. The van der Waals surface area contributed by atoms with Gasteiger partial charge in [-0.2, -0.15) is 5.21 Å². The molecule has 0 saturated carbocycles. The van der Waals surface area contributed by atoms with E-state index < -0.39 is 0 Å². The van der Waals surface area contributed by atoms with Gasteiger partial charge in [-0.15, -0.1) is 10.2 Å². The molecule has 0 fully saturated rings. The zero-order valence-electron chi connectivity index (χ0n) is 19.1. The molecule has 3 heterocycles. The summed E-state index contributed by atoms with van der Waals surface area (Å²) in [6.07, 6.45) is 6.95. The van der Waals surface area contributed by atoms with Crippen molar-refractivity contribution in [2.45, 2.75) is 39.3 Å². The number of aliphatic hydroxyl groups is 1. The minimum atomic E-state index is -0.0667. The molecular formula is C26H27N7O. The number of aromatic amines is 1. The fourth-order valence-electron chi connectivity index (χ4n) is 4.25. The van der Waals surface area contributed by atoms with E-state index in [0.29, 0.717) is 12.4 Å². The van der Waals surface area contributed by atoms with E-state index in [-0.39, 0.29) is 6.61 Å². The largest absolute Gasteiger partial charge is 0.390 e. The first-order valence-corrected chi connectivity index (χ1v) is 11.5. The van der Waals surface area contributed by atoms with Crippen LogP contribution in [0, 0.1) is 0 Å². The number of nitrogens with zero attached hydrogens (tertiary/aromatic N) is 6. The first kappa shape index (κ1) is 21.8. The Kier molecular flexibility index (Phi) is 6.31. The molecule has 0 unspecified atom stereocenters. The second-order valence-electron chi connectivity index (χ2n) is 8.21. The molecule has 0 aliphatic carbocycles. The van der Waals surface area contributed by atoms with Crippen LogP contribution in [-0.4, -0.2) is 39.8 Å². The van der Waals surface area contributed by atoms with E-state index in [0.717, 1.165) is 58.9 Å². The van der Waals surface area contributed by atoms with Crippen LogP contribution in [0.2, 0.25) is 0 Å². The fraction of sp³-hybridized carbons (Fsp3) is 0.231. The second-order valence-corrected chi connectivity index (χ2v) is 8.21. The Morgan fingerprint density at radius 1 is 0.941 bits per heavy atom. The molecule has 0 bridgehead atoms. The van der Waals surface area contributed by atoms with E-state index in [1.165, 1.54) is 0 Å². The topological polar surface area (TPSA) is 97.4 Å². The number of hydrogen-bond donors (Lipinski definition) is 2. The van der Waals surface area contributed by atoms with Crippen molar-refractivity contribution in [1.29, 1.82) is 0 Å². The van der Waals surface area contributed by atoms with Gasteiger partial charge in [0.25, 0.3) is 0 Å². The zero-order valence-corrected chi connectivity index (χ0v) is 19.1. The molecule has 0 spiro atoms. The number of nitrogens with one attached hydrogen (secondary N) is 1. The minimum absolute atomic E-state index is 0.0667. The van der Waals surface area contributed by atoms with E-state index >= 15 is 0 Å². The smallest absolute Gasteiger partial charge is 0.205 e. The van der Waals surface area contributed by atoms with Gasteiger partial charge in [0.15, 0.2) is 5.82 Å². The van der Waals surface area contributed by atoms with E-state index in [2.05, 4.69) is 62.4 Å². The van der Waals surface area contributed by atoms with Crippen LogP contribution in [0.15, 0.2) is 73.1 Å². The minimum Gasteiger partial charge on any atom is -0.390 e. The van der Waals surface area contributed by atoms with Gasteiger partial charge in [0, 0.05) is 30.9 Å². The average Bonchev–Trinajstić information content (AvgIpc) is 3.65. The third-order valence-corrected chi connectivity index (χ3v) is 6.00. The Bertz CT molecular complexity index is 1340. The number of H-pyrrole nitrogens is 1. The molecule has 8 nitrogen and oxygen atoms in total. The Morgan fingerprint density at radius 3 is 2.38 bits per heavy atom. The maximum atomic E-state index is 10.2. The lowest BCUT2D eigenvalue weighted by Crippen LogP contribution is -2.10. The van der Waals surface area contributed by atoms with E-state index in [1.54, 1.807) is 0 Å². The highest BCUT2D eigenvalue weighted by atomic mass is 16.3. The van der Waals surface area contributed by atoms with Gasteiger partial charge in [-0.25, -0.2) is 4.98 Å². The first-order valence-electron chi connectivity index (χ1n) is 11.5. The van der Waals surface area contributed by atoms with E-state index in [4.69, 9.17) is 4.98 Å². The summed E-state index contributed by atoms with van der Waals surface area (Å²) in [5.74, 6) is 2.37. The number of aromatic nitrogens is 7. The van der Waals surface area contributed by atoms with Gasteiger partial charge in [-0.1, -0.05) is 61.9 Å². The predicted octanol–water partition coefficient (Wildman–Crippen LogP) is 4.40. The molecule has 5 rings (SSSR count). The molecular weight excluding hydrogens is 426 g/mol. The summed E-state index contributed by atoms with van der Waals surface area (Å²) >= 11 is 0. The molecule has 34 heavy (non-hydrogen) atoms. The molecule has 0 amide bonds. The van der Waals surface area contributed by atoms with E-state index in [9.17, 15) is 5.11 Å². The lowest BCUT2D eigenvalue weighted by atomic mass is 9.98. The normalized spacial score (nSPS) is 11.2. The number of aliphatic hydroxyl groups excluding tert-OH is 1. The molecule has 0 atom stereocenters. The van der Waals surface area contributed by atoms with Gasteiger partial charge in [-0.05, 0) is 40.5 Å². The van der Waals surface area contributed by atoms with Crippen molar-refractivity contribution in [3.05, 3.63) is 90.1 Å². The molecule has 2 N–H and O–H groups in total. The molecule has 172 valence electrons. The maximum Gasteiger partial charge on any atom is 0.205 e. The summed E-state index contributed by atoms with van der Waals surface area (Å²) in [5, 5.41) is 24.7. The van der Waals surface area contributed by atoms with Crippen LogP contribution in [0.1, 0.15) is 36.8 Å². The summed E-state index contributed by atoms with van der Waals surface area (Å²) < 4.78 is 4.13. The third kappa shape index (κ3) is 4.27. The van der Waals surface area contributed by atoms with Crippen LogP contribution in [-0.2, 0) is 19.6 Å². The maximum absolute atomic E-state index is 10.2. The van der Waals surface area contributed by atoms with Crippen molar-refractivity contribution in [2.24, 2.45) is 0 Å². The molecule has 5 aromatic rings. The Balaban J connectivity index is 1.47. The monoisotopic (exact) mass is 453 g/mol. The number of aryl methyl sites for hydroxylation is 1. The van der Waals surface area contributed by atoms with Crippen LogP contribution in [0.5, 0.6) is 0 Å². The Morgan fingerprint density at radius 2 is 1.71 bits per heavy atom. The molecule has 0 aliphatic rings. The SMILES string of the molecule is CCCCc1nc(-n2cccc2)c(CO)n1Cc1ccc(-c2ccccc2-c2nn[nH]n2)cc1. The number of rotatable bonds is 9. The molecule has 0 aliphatic heterocycles. The van der Waals surface area contributed by atoms with Crippen molar-refractivity contribution >= 4 is 0 Å². The first-order chi connectivity index (χ1) is 16.8. The summed E-state index contributed by atoms with van der Waals surface area (Å²) in [4.78, 5) is 4.91. The van der Waals surface area contributed by atoms with Crippen molar-refractivity contribution in [3.63, 3.8) is 0 Å². The average molecular weight is 454 g/mol. The summed E-state index contributed by atoms with van der Waals surface area (Å²) in [5.41, 5.74) is 5.03. The van der Waals surface area contributed by atoms with E-state index in [1.807, 2.05) is 47.3 Å². The van der Waals surface area contributed by atoms with Gasteiger partial charge >= 0.3 is 0 Å². The van der Waals surface area contributed by atoms with Crippen molar-refractivity contribution < 1.29 is 5.11 Å². The number of tetrazole rings is 1. The number of imidazole rings is 1. The van der Waals surface area contributed by atoms with Crippen LogP contribution in [0.25, 0.3) is 28.3 Å².